The number of amides is 2. The zero-order valence-electron chi connectivity index (χ0n) is 17.9. The van der Waals surface area contributed by atoms with Crippen LogP contribution in [0.3, 0.4) is 0 Å². The number of nitrogens with two attached hydrogens (primary N) is 1. The van der Waals surface area contributed by atoms with E-state index in [1.807, 2.05) is 0 Å². The largest absolute Gasteiger partial charge is 0.478 e. The lowest BCUT2D eigenvalue weighted by Gasteiger charge is -2.43. The Kier molecular flexibility index (Phi) is 6.58. The molecule has 0 aromatic carbocycles. The molecule has 2 atom stereocenters. The number of anilines is 1. The van der Waals surface area contributed by atoms with Crippen molar-refractivity contribution in [3.63, 3.8) is 0 Å². The lowest BCUT2D eigenvalue weighted by atomic mass is 9.98. The monoisotopic (exact) mass is 516 g/mol. The van der Waals surface area contributed by atoms with E-state index in [-0.39, 0.29) is 21.7 Å². The molecule has 5 N–H and O–H groups in total. The summed E-state index contributed by atoms with van der Waals surface area (Å²) in [4.78, 5) is 46.7. The Morgan fingerprint density at radius 3 is 2.59 bits per heavy atom. The number of β-lactam (4-membered cyclic amide) rings is 1. The SMILES string of the molecule is Cc1cnn(C[C@H]2[C@H](NC(=O)C(=NOC(C)(C)C(=O)O)c3csc(N)n3)C(=O)N2S(=O)(=O)O)n1. The van der Waals surface area contributed by atoms with Crippen molar-refractivity contribution in [3.05, 3.63) is 23.0 Å². The number of nitrogens with one attached hydrogen (secondary N) is 1. The molecule has 3 heterocycles. The Morgan fingerprint density at radius 1 is 1.41 bits per heavy atom. The van der Waals surface area contributed by atoms with Crippen molar-refractivity contribution < 1.29 is 37.3 Å². The van der Waals surface area contributed by atoms with Gasteiger partial charge in [0.05, 0.1) is 18.4 Å². The van der Waals surface area contributed by atoms with E-state index < -0.39 is 51.5 Å². The summed E-state index contributed by atoms with van der Waals surface area (Å²) in [7, 11) is -4.94. The van der Waals surface area contributed by atoms with Crippen molar-refractivity contribution >= 4 is 50.3 Å². The fourth-order valence-electron chi connectivity index (χ4n) is 2.79. The number of aromatic nitrogens is 4. The number of nitrogen functional groups attached to an aromatic ring is 1. The highest BCUT2D eigenvalue weighted by Crippen LogP contribution is 2.25. The topological polar surface area (TPSA) is 232 Å². The molecule has 0 aliphatic carbocycles. The quantitative estimate of drug-likeness (QED) is 0.128. The number of nitrogens with zero attached hydrogens (tertiary/aromatic N) is 6. The third-order valence-corrected chi connectivity index (χ3v) is 6.19. The van der Waals surface area contributed by atoms with Crippen LogP contribution in [0.15, 0.2) is 16.7 Å². The predicted octanol–water partition coefficient (Wildman–Crippen LogP) is -1.59. The first kappa shape index (κ1) is 25.0. The van der Waals surface area contributed by atoms with Crippen LogP contribution in [0.2, 0.25) is 0 Å². The lowest BCUT2D eigenvalue weighted by Crippen LogP contribution is -2.73. The van der Waals surface area contributed by atoms with Crippen molar-refractivity contribution in [2.75, 3.05) is 5.73 Å². The van der Waals surface area contributed by atoms with Gasteiger partial charge in [-0.15, -0.1) is 11.3 Å². The van der Waals surface area contributed by atoms with Crippen molar-refractivity contribution in [1.29, 1.82) is 0 Å². The number of thiazole rings is 1. The highest BCUT2D eigenvalue weighted by molar-refractivity contribution is 7.84. The second kappa shape index (κ2) is 8.95. The number of rotatable bonds is 9. The van der Waals surface area contributed by atoms with E-state index in [4.69, 9.17) is 10.6 Å². The van der Waals surface area contributed by atoms with Gasteiger partial charge in [0, 0.05) is 5.38 Å². The predicted molar refractivity (Wildman–Crippen MR) is 115 cm³/mol. The molecule has 2 amide bonds. The van der Waals surface area contributed by atoms with Gasteiger partial charge in [-0.3, -0.25) is 14.1 Å². The third kappa shape index (κ3) is 5.13. The van der Waals surface area contributed by atoms with Gasteiger partial charge in [-0.1, -0.05) is 5.16 Å². The van der Waals surface area contributed by atoms with Gasteiger partial charge >= 0.3 is 16.3 Å². The van der Waals surface area contributed by atoms with Gasteiger partial charge in [0.25, 0.3) is 11.8 Å². The molecule has 1 aliphatic heterocycles. The highest BCUT2D eigenvalue weighted by Gasteiger charge is 2.54. The number of carbonyl (C=O) groups excluding carboxylic acids is 2. The summed E-state index contributed by atoms with van der Waals surface area (Å²) in [5.41, 5.74) is 3.72. The van der Waals surface area contributed by atoms with Gasteiger partial charge in [0.1, 0.15) is 17.8 Å². The molecule has 0 bridgehead atoms. The molecule has 1 fully saturated rings. The van der Waals surface area contributed by atoms with Crippen LogP contribution in [0.4, 0.5) is 5.13 Å². The second-order valence-electron chi connectivity index (χ2n) is 7.59. The van der Waals surface area contributed by atoms with Crippen molar-refractivity contribution in [2.24, 2.45) is 5.16 Å². The molecule has 1 aliphatic rings. The molecule has 0 spiro atoms. The summed E-state index contributed by atoms with van der Waals surface area (Å²) in [6.07, 6.45) is 1.39. The van der Waals surface area contributed by atoms with Gasteiger partial charge in [-0.2, -0.15) is 23.4 Å². The number of hydrogen-bond acceptors (Lipinski definition) is 12. The van der Waals surface area contributed by atoms with E-state index >= 15 is 0 Å². The zero-order chi connectivity index (χ0) is 25.4. The maximum atomic E-state index is 13.0. The maximum Gasteiger partial charge on any atom is 0.362 e. The van der Waals surface area contributed by atoms with Gasteiger partial charge in [-0.25, -0.2) is 14.1 Å². The number of carbonyl (C=O) groups is 3. The molecule has 2 aromatic rings. The summed E-state index contributed by atoms with van der Waals surface area (Å²) >= 11 is 0.964. The molecule has 0 unspecified atom stereocenters. The average Bonchev–Trinajstić information content (AvgIpc) is 3.32. The number of hydrogen-bond donors (Lipinski definition) is 4. The van der Waals surface area contributed by atoms with Crippen molar-refractivity contribution in [2.45, 2.75) is 45.0 Å². The fraction of sp³-hybridized carbons (Fsp3) is 0.438. The Bertz CT molecular complexity index is 1270. The standard InChI is InChI=1S/C16H20N8O8S2/c1-7-4-18-23(21-7)5-9-11(13(26)24(9)34(29,30)31)20-12(25)10(8-6-33-15(17)19-8)22-32-16(2,3)14(27)28/h4,6,9,11H,5H2,1-3H3,(H2,17,19)(H,20,25)(H,27,28)(H,29,30,31)/t9-,11-/m0/s1. The van der Waals surface area contributed by atoms with Crippen molar-refractivity contribution in [1.82, 2.24) is 29.6 Å². The molecule has 16 nitrogen and oxygen atoms in total. The number of aryl methyl sites for hydroxylation is 1. The van der Waals surface area contributed by atoms with Crippen LogP contribution >= 0.6 is 11.3 Å². The van der Waals surface area contributed by atoms with E-state index in [0.717, 1.165) is 16.1 Å². The van der Waals surface area contributed by atoms with Gasteiger partial charge < -0.3 is 21.0 Å². The molecule has 34 heavy (non-hydrogen) atoms. The average molecular weight is 517 g/mol. The van der Waals surface area contributed by atoms with Crippen LogP contribution in [-0.4, -0.2) is 83.5 Å². The maximum absolute atomic E-state index is 13.0. The van der Waals surface area contributed by atoms with Crippen LogP contribution in [0.25, 0.3) is 0 Å². The first-order valence-electron chi connectivity index (χ1n) is 9.40. The minimum Gasteiger partial charge on any atom is -0.478 e. The number of carboxylic acid groups (broad SMARTS) is 1. The molecular formula is C16H20N8O8S2. The van der Waals surface area contributed by atoms with Crippen LogP contribution < -0.4 is 11.1 Å². The van der Waals surface area contributed by atoms with E-state index in [1.54, 1.807) is 6.92 Å². The van der Waals surface area contributed by atoms with Gasteiger partial charge in [0.15, 0.2) is 10.8 Å². The van der Waals surface area contributed by atoms with E-state index in [2.05, 4.69) is 25.7 Å². The molecular weight excluding hydrogens is 496 g/mol. The second-order valence-corrected chi connectivity index (χ2v) is 9.77. The highest BCUT2D eigenvalue weighted by atomic mass is 32.2. The molecule has 0 radical (unpaired) electrons. The summed E-state index contributed by atoms with van der Waals surface area (Å²) < 4.78 is 33.0. The zero-order valence-corrected chi connectivity index (χ0v) is 19.6. The first-order chi connectivity index (χ1) is 15.7. The van der Waals surface area contributed by atoms with E-state index in [1.165, 1.54) is 25.4 Å². The van der Waals surface area contributed by atoms with Crippen LogP contribution in [0.1, 0.15) is 25.2 Å². The van der Waals surface area contributed by atoms with Crippen LogP contribution in [0.5, 0.6) is 0 Å². The molecule has 2 aromatic heterocycles. The molecule has 3 rings (SSSR count). The van der Waals surface area contributed by atoms with Crippen molar-refractivity contribution in [3.8, 4) is 0 Å². The molecule has 1 saturated heterocycles. The Balaban J connectivity index is 1.89. The summed E-state index contributed by atoms with van der Waals surface area (Å²) in [6, 6.07) is -2.69. The number of carboxylic acids is 1. The Hall–Kier alpha value is -3.64. The normalized spacial score (nSPS) is 19.0. The van der Waals surface area contributed by atoms with E-state index in [0.29, 0.717) is 5.69 Å². The smallest absolute Gasteiger partial charge is 0.362 e. The summed E-state index contributed by atoms with van der Waals surface area (Å²) in [5, 5.41) is 24.5. The number of oxime groups is 1. The van der Waals surface area contributed by atoms with Gasteiger partial charge in [0.2, 0.25) is 5.60 Å². The lowest BCUT2D eigenvalue weighted by molar-refractivity contribution is -0.161. The third-order valence-electron chi connectivity index (χ3n) is 4.57. The number of aliphatic carboxylic acids is 1. The minimum atomic E-state index is -4.94. The summed E-state index contributed by atoms with van der Waals surface area (Å²) in [6.45, 7) is 3.75. The molecule has 184 valence electrons. The molecule has 0 saturated carbocycles. The van der Waals surface area contributed by atoms with Crippen LogP contribution in [0, 0.1) is 6.92 Å². The minimum absolute atomic E-state index is 0.0690. The van der Waals surface area contributed by atoms with E-state index in [9.17, 15) is 32.5 Å². The Labute approximate surface area is 196 Å². The van der Waals surface area contributed by atoms with Crippen LogP contribution in [-0.2, 0) is 36.1 Å². The molecule has 18 heteroatoms. The summed E-state index contributed by atoms with van der Waals surface area (Å²) in [5.74, 6) is -3.52. The fourth-order valence-corrected chi connectivity index (χ4v) is 4.21. The first-order valence-corrected chi connectivity index (χ1v) is 11.7. The Morgan fingerprint density at radius 2 is 2.09 bits per heavy atom. The van der Waals surface area contributed by atoms with Gasteiger partial charge in [-0.05, 0) is 20.8 Å².